The molecule has 0 atom stereocenters. The SMILES string of the molecule is NS(=O)(=O)c1ccc(Nc2cccc(F)c2)c(C(=O)O)c1. The summed E-state index contributed by atoms with van der Waals surface area (Å²) in [5.74, 6) is -1.82. The number of anilines is 2. The predicted octanol–water partition coefficient (Wildman–Crippen LogP) is 1.91. The first kappa shape index (κ1) is 14.9. The zero-order valence-electron chi connectivity index (χ0n) is 10.6. The topological polar surface area (TPSA) is 109 Å². The lowest BCUT2D eigenvalue weighted by atomic mass is 10.1. The first-order chi connectivity index (χ1) is 9.77. The van der Waals surface area contributed by atoms with Gasteiger partial charge in [0.2, 0.25) is 10.0 Å². The molecule has 0 saturated heterocycles. The second-order valence-corrected chi connectivity index (χ2v) is 5.75. The van der Waals surface area contributed by atoms with Crippen molar-refractivity contribution < 1.29 is 22.7 Å². The van der Waals surface area contributed by atoms with Gasteiger partial charge in [-0.2, -0.15) is 0 Å². The minimum atomic E-state index is -4.01. The molecule has 0 saturated carbocycles. The van der Waals surface area contributed by atoms with Crippen molar-refractivity contribution in [2.24, 2.45) is 5.14 Å². The quantitative estimate of drug-likeness (QED) is 0.799. The summed E-state index contributed by atoms with van der Waals surface area (Å²) in [4.78, 5) is 10.9. The predicted molar refractivity (Wildman–Crippen MR) is 74.5 cm³/mol. The Kier molecular flexibility index (Phi) is 3.92. The molecule has 0 amide bonds. The maximum atomic E-state index is 13.1. The number of aromatic carboxylic acids is 1. The van der Waals surface area contributed by atoms with Crippen molar-refractivity contribution in [2.45, 2.75) is 4.90 Å². The van der Waals surface area contributed by atoms with Crippen LogP contribution in [0, 0.1) is 5.82 Å². The van der Waals surface area contributed by atoms with Crippen molar-refractivity contribution >= 4 is 27.4 Å². The zero-order chi connectivity index (χ0) is 15.6. The summed E-state index contributed by atoms with van der Waals surface area (Å²) in [7, 11) is -4.01. The van der Waals surface area contributed by atoms with Crippen molar-refractivity contribution in [3.8, 4) is 0 Å². The van der Waals surface area contributed by atoms with E-state index >= 15 is 0 Å². The van der Waals surface area contributed by atoms with Gasteiger partial charge in [0.25, 0.3) is 0 Å². The van der Waals surface area contributed by atoms with Crippen molar-refractivity contribution in [3.63, 3.8) is 0 Å². The van der Waals surface area contributed by atoms with Gasteiger partial charge in [0.05, 0.1) is 16.1 Å². The number of primary sulfonamides is 1. The molecule has 0 bridgehead atoms. The first-order valence-corrected chi connectivity index (χ1v) is 7.25. The number of carboxylic acid groups (broad SMARTS) is 1. The van der Waals surface area contributed by atoms with Crippen LogP contribution in [0.25, 0.3) is 0 Å². The molecule has 0 spiro atoms. The number of carboxylic acids is 1. The molecule has 0 unspecified atom stereocenters. The number of halogens is 1. The monoisotopic (exact) mass is 310 g/mol. The molecule has 0 heterocycles. The number of hydrogen-bond donors (Lipinski definition) is 3. The molecule has 6 nitrogen and oxygen atoms in total. The van der Waals surface area contributed by atoms with Gasteiger partial charge in [0, 0.05) is 5.69 Å². The van der Waals surface area contributed by atoms with E-state index in [1.807, 2.05) is 0 Å². The largest absolute Gasteiger partial charge is 0.478 e. The lowest BCUT2D eigenvalue weighted by Gasteiger charge is -2.11. The average Bonchev–Trinajstić information content (AvgIpc) is 2.37. The van der Waals surface area contributed by atoms with Gasteiger partial charge in [0.1, 0.15) is 5.82 Å². The van der Waals surface area contributed by atoms with Crippen LogP contribution in [0.15, 0.2) is 47.4 Å². The number of hydrogen-bond acceptors (Lipinski definition) is 4. The van der Waals surface area contributed by atoms with Gasteiger partial charge in [-0.15, -0.1) is 0 Å². The molecule has 0 aliphatic rings. The van der Waals surface area contributed by atoms with Crippen LogP contribution in [0.4, 0.5) is 15.8 Å². The van der Waals surface area contributed by atoms with Crippen molar-refractivity contribution in [1.29, 1.82) is 0 Å². The molecule has 0 fully saturated rings. The molecule has 8 heteroatoms. The molecule has 0 aliphatic heterocycles. The first-order valence-electron chi connectivity index (χ1n) is 5.70. The van der Waals surface area contributed by atoms with Gasteiger partial charge < -0.3 is 10.4 Å². The van der Waals surface area contributed by atoms with E-state index in [9.17, 15) is 17.6 Å². The van der Waals surface area contributed by atoms with E-state index in [0.29, 0.717) is 5.69 Å². The summed E-state index contributed by atoms with van der Waals surface area (Å²) in [6.45, 7) is 0. The molecule has 0 aromatic heterocycles. The molecule has 2 aromatic carbocycles. The molecule has 0 radical (unpaired) electrons. The highest BCUT2D eigenvalue weighted by atomic mass is 32.2. The van der Waals surface area contributed by atoms with E-state index in [1.165, 1.54) is 30.3 Å². The summed E-state index contributed by atoms with van der Waals surface area (Å²) in [6.07, 6.45) is 0. The number of nitrogens with one attached hydrogen (secondary N) is 1. The highest BCUT2D eigenvalue weighted by Crippen LogP contribution is 2.24. The maximum absolute atomic E-state index is 13.1. The summed E-state index contributed by atoms with van der Waals surface area (Å²) in [5, 5.41) is 16.8. The molecule has 110 valence electrons. The molecule has 4 N–H and O–H groups in total. The Morgan fingerprint density at radius 3 is 2.48 bits per heavy atom. The smallest absolute Gasteiger partial charge is 0.337 e. The fourth-order valence-electron chi connectivity index (χ4n) is 1.71. The summed E-state index contributed by atoms with van der Waals surface area (Å²) < 4.78 is 35.6. The van der Waals surface area contributed by atoms with Gasteiger partial charge in [-0.05, 0) is 36.4 Å². The highest BCUT2D eigenvalue weighted by molar-refractivity contribution is 7.89. The van der Waals surface area contributed by atoms with Crippen molar-refractivity contribution in [3.05, 3.63) is 53.8 Å². The van der Waals surface area contributed by atoms with E-state index in [0.717, 1.165) is 6.07 Å². The standard InChI is InChI=1S/C13H11FN2O4S/c14-8-2-1-3-9(6-8)16-12-5-4-10(21(15,19)20)7-11(12)13(17)18/h1-7,16H,(H,17,18)(H2,15,19,20). The number of sulfonamides is 1. The van der Waals surface area contributed by atoms with Gasteiger partial charge in [0.15, 0.2) is 0 Å². The Hall–Kier alpha value is -2.45. The van der Waals surface area contributed by atoms with Gasteiger partial charge >= 0.3 is 5.97 Å². The van der Waals surface area contributed by atoms with Gasteiger partial charge in [-0.25, -0.2) is 22.7 Å². The zero-order valence-corrected chi connectivity index (χ0v) is 11.4. The fourth-order valence-corrected chi connectivity index (χ4v) is 2.25. The molecule has 2 aromatic rings. The molecular weight excluding hydrogens is 299 g/mol. The Labute approximate surface area is 120 Å². The second-order valence-electron chi connectivity index (χ2n) is 4.19. The minimum absolute atomic E-state index is 0.125. The van der Waals surface area contributed by atoms with Crippen LogP contribution < -0.4 is 10.5 Å². The van der Waals surface area contributed by atoms with E-state index in [-0.39, 0.29) is 16.1 Å². The third-order valence-corrected chi connectivity index (χ3v) is 3.56. The van der Waals surface area contributed by atoms with Gasteiger partial charge in [-0.1, -0.05) is 6.07 Å². The van der Waals surface area contributed by atoms with Crippen LogP contribution in [0.2, 0.25) is 0 Å². The number of carbonyl (C=O) groups is 1. The molecule has 0 aliphatic carbocycles. The average molecular weight is 310 g/mol. The Morgan fingerprint density at radius 2 is 1.90 bits per heavy atom. The van der Waals surface area contributed by atoms with Crippen LogP contribution in [-0.4, -0.2) is 19.5 Å². The van der Waals surface area contributed by atoms with Crippen LogP contribution >= 0.6 is 0 Å². The van der Waals surface area contributed by atoms with E-state index in [4.69, 9.17) is 10.2 Å². The highest BCUT2D eigenvalue weighted by Gasteiger charge is 2.16. The summed E-state index contributed by atoms with van der Waals surface area (Å²) >= 11 is 0. The summed E-state index contributed by atoms with van der Waals surface area (Å²) in [6, 6.07) is 8.79. The maximum Gasteiger partial charge on any atom is 0.337 e. The lowest BCUT2D eigenvalue weighted by Crippen LogP contribution is -2.13. The minimum Gasteiger partial charge on any atom is -0.478 e. The van der Waals surface area contributed by atoms with Crippen LogP contribution in [-0.2, 0) is 10.0 Å². The Bertz CT molecular complexity index is 806. The summed E-state index contributed by atoms with van der Waals surface area (Å²) in [5.41, 5.74) is 0.173. The van der Waals surface area contributed by atoms with E-state index < -0.39 is 21.8 Å². The number of rotatable bonds is 4. The van der Waals surface area contributed by atoms with Crippen LogP contribution in [0.3, 0.4) is 0 Å². The van der Waals surface area contributed by atoms with Crippen LogP contribution in [0.1, 0.15) is 10.4 Å². The number of nitrogens with two attached hydrogens (primary N) is 1. The molecular formula is C13H11FN2O4S. The van der Waals surface area contributed by atoms with Crippen molar-refractivity contribution in [1.82, 2.24) is 0 Å². The Morgan fingerprint density at radius 1 is 1.19 bits per heavy atom. The second kappa shape index (κ2) is 5.51. The lowest BCUT2D eigenvalue weighted by molar-refractivity contribution is 0.0697. The third-order valence-electron chi connectivity index (χ3n) is 2.65. The molecule has 21 heavy (non-hydrogen) atoms. The fraction of sp³-hybridized carbons (Fsp3) is 0. The Balaban J connectivity index is 2.47. The number of benzene rings is 2. The van der Waals surface area contributed by atoms with E-state index in [2.05, 4.69) is 5.32 Å². The van der Waals surface area contributed by atoms with E-state index in [1.54, 1.807) is 6.07 Å². The normalized spacial score (nSPS) is 11.1. The van der Waals surface area contributed by atoms with Crippen LogP contribution in [0.5, 0.6) is 0 Å². The molecule has 2 rings (SSSR count). The third kappa shape index (κ3) is 3.56. The van der Waals surface area contributed by atoms with Gasteiger partial charge in [-0.3, -0.25) is 0 Å². The van der Waals surface area contributed by atoms with Crippen molar-refractivity contribution in [2.75, 3.05) is 5.32 Å².